The van der Waals surface area contributed by atoms with Gasteiger partial charge in [0.1, 0.15) is 24.2 Å². The standard InChI is InChI=1S/C23H30FN3O5S/c1-5-14-25-23(29)17(2)26(15-18-6-8-19(24)9-7-18)22(28)16-27(33(4,30)31)20-10-12-21(32-3)13-11-20/h6-13,17H,5,14-16H2,1-4H3,(H,25,29)/t17-/m1/s1. The van der Waals surface area contributed by atoms with E-state index in [0.29, 0.717) is 17.9 Å². The molecule has 0 aliphatic carbocycles. The van der Waals surface area contributed by atoms with Gasteiger partial charge in [-0.2, -0.15) is 0 Å². The van der Waals surface area contributed by atoms with E-state index in [9.17, 15) is 22.4 Å². The molecule has 0 saturated carbocycles. The fourth-order valence-corrected chi connectivity index (χ4v) is 3.98. The number of halogens is 1. The van der Waals surface area contributed by atoms with Crippen LogP contribution in [0.5, 0.6) is 5.75 Å². The van der Waals surface area contributed by atoms with Crippen molar-refractivity contribution in [3.8, 4) is 5.75 Å². The van der Waals surface area contributed by atoms with Gasteiger partial charge >= 0.3 is 0 Å². The number of anilines is 1. The predicted molar refractivity (Wildman–Crippen MR) is 125 cm³/mol. The number of hydrogen-bond donors (Lipinski definition) is 1. The molecular formula is C23H30FN3O5S. The van der Waals surface area contributed by atoms with Crippen LogP contribution < -0.4 is 14.4 Å². The van der Waals surface area contributed by atoms with Crippen molar-refractivity contribution in [2.75, 3.05) is 30.8 Å². The van der Waals surface area contributed by atoms with E-state index in [1.807, 2.05) is 6.92 Å². The van der Waals surface area contributed by atoms with E-state index in [2.05, 4.69) is 5.32 Å². The van der Waals surface area contributed by atoms with E-state index >= 15 is 0 Å². The van der Waals surface area contributed by atoms with Crippen molar-refractivity contribution in [3.63, 3.8) is 0 Å². The van der Waals surface area contributed by atoms with E-state index in [1.165, 1.54) is 48.4 Å². The van der Waals surface area contributed by atoms with Gasteiger partial charge in [-0.25, -0.2) is 12.8 Å². The second-order valence-electron chi connectivity index (χ2n) is 7.58. The molecule has 8 nitrogen and oxygen atoms in total. The van der Waals surface area contributed by atoms with Crippen LogP contribution in [0.2, 0.25) is 0 Å². The first-order valence-corrected chi connectivity index (χ1v) is 12.3. The van der Waals surface area contributed by atoms with Crippen LogP contribution in [-0.2, 0) is 26.2 Å². The van der Waals surface area contributed by atoms with Crippen LogP contribution in [0.4, 0.5) is 10.1 Å². The number of nitrogens with zero attached hydrogens (tertiary/aromatic N) is 2. The first-order valence-electron chi connectivity index (χ1n) is 10.5. The fraction of sp³-hybridized carbons (Fsp3) is 0.391. The van der Waals surface area contributed by atoms with Crippen molar-refractivity contribution in [1.82, 2.24) is 10.2 Å². The summed E-state index contributed by atoms with van der Waals surface area (Å²) >= 11 is 0. The third kappa shape index (κ3) is 7.45. The molecule has 0 aliphatic rings. The Balaban J connectivity index is 2.34. The van der Waals surface area contributed by atoms with Gasteiger partial charge in [0.15, 0.2) is 0 Å². The molecule has 180 valence electrons. The van der Waals surface area contributed by atoms with Gasteiger partial charge in [-0.15, -0.1) is 0 Å². The summed E-state index contributed by atoms with van der Waals surface area (Å²) in [5.41, 5.74) is 0.895. The number of carbonyl (C=O) groups is 2. The smallest absolute Gasteiger partial charge is 0.244 e. The molecule has 0 spiro atoms. The Bertz CT molecular complexity index is 1040. The minimum absolute atomic E-state index is 0.0139. The molecule has 2 amide bonds. The third-order valence-electron chi connectivity index (χ3n) is 5.02. The molecule has 0 aliphatic heterocycles. The molecule has 2 aromatic rings. The summed E-state index contributed by atoms with van der Waals surface area (Å²) in [7, 11) is -2.32. The van der Waals surface area contributed by atoms with Gasteiger partial charge in [0.2, 0.25) is 21.8 Å². The lowest BCUT2D eigenvalue weighted by molar-refractivity contribution is -0.139. The highest BCUT2D eigenvalue weighted by Gasteiger charge is 2.30. The molecule has 33 heavy (non-hydrogen) atoms. The van der Waals surface area contributed by atoms with Crippen LogP contribution in [0.25, 0.3) is 0 Å². The number of methoxy groups -OCH3 is 1. The Morgan fingerprint density at radius 3 is 2.21 bits per heavy atom. The maximum atomic E-state index is 13.3. The molecule has 0 bridgehead atoms. The van der Waals surface area contributed by atoms with Crippen molar-refractivity contribution < 1.29 is 27.1 Å². The van der Waals surface area contributed by atoms with E-state index < -0.39 is 34.3 Å². The van der Waals surface area contributed by atoms with Crippen molar-refractivity contribution in [1.29, 1.82) is 0 Å². The molecular weight excluding hydrogens is 449 g/mol. The number of nitrogens with one attached hydrogen (secondary N) is 1. The highest BCUT2D eigenvalue weighted by molar-refractivity contribution is 7.92. The lowest BCUT2D eigenvalue weighted by Gasteiger charge is -2.31. The average molecular weight is 480 g/mol. The summed E-state index contributed by atoms with van der Waals surface area (Å²) in [4.78, 5) is 27.2. The molecule has 0 saturated heterocycles. The van der Waals surface area contributed by atoms with E-state index in [1.54, 1.807) is 19.1 Å². The Labute approximate surface area is 194 Å². The normalized spacial score (nSPS) is 12.0. The number of sulfonamides is 1. The average Bonchev–Trinajstić information content (AvgIpc) is 2.79. The van der Waals surface area contributed by atoms with Gasteiger partial charge < -0.3 is 15.0 Å². The zero-order valence-corrected chi connectivity index (χ0v) is 20.1. The van der Waals surface area contributed by atoms with E-state index in [0.717, 1.165) is 17.0 Å². The molecule has 1 atom stereocenters. The second-order valence-corrected chi connectivity index (χ2v) is 9.49. The molecule has 1 N–H and O–H groups in total. The maximum Gasteiger partial charge on any atom is 0.244 e. The number of rotatable bonds is 11. The van der Waals surface area contributed by atoms with Crippen LogP contribution in [0.3, 0.4) is 0 Å². The molecule has 0 aromatic heterocycles. The number of hydrogen-bond acceptors (Lipinski definition) is 5. The van der Waals surface area contributed by atoms with Crippen molar-refractivity contribution in [2.24, 2.45) is 0 Å². The minimum atomic E-state index is -3.81. The van der Waals surface area contributed by atoms with Crippen LogP contribution in [-0.4, -0.2) is 57.6 Å². The summed E-state index contributed by atoms with van der Waals surface area (Å²) in [6.45, 7) is 3.44. The molecule has 0 radical (unpaired) electrons. The van der Waals surface area contributed by atoms with Gasteiger partial charge in [-0.1, -0.05) is 19.1 Å². The largest absolute Gasteiger partial charge is 0.497 e. The van der Waals surface area contributed by atoms with Crippen molar-refractivity contribution in [2.45, 2.75) is 32.9 Å². The summed E-state index contributed by atoms with van der Waals surface area (Å²) in [5, 5.41) is 2.75. The van der Waals surface area contributed by atoms with Crippen molar-refractivity contribution >= 4 is 27.5 Å². The highest BCUT2D eigenvalue weighted by atomic mass is 32.2. The molecule has 10 heteroatoms. The highest BCUT2D eigenvalue weighted by Crippen LogP contribution is 2.22. The molecule has 0 heterocycles. The van der Waals surface area contributed by atoms with Crippen LogP contribution in [0.1, 0.15) is 25.8 Å². The van der Waals surface area contributed by atoms with Gasteiger partial charge in [0.25, 0.3) is 0 Å². The lowest BCUT2D eigenvalue weighted by atomic mass is 10.1. The summed E-state index contributed by atoms with van der Waals surface area (Å²) < 4.78 is 44.4. The van der Waals surface area contributed by atoms with Gasteiger partial charge in [0, 0.05) is 13.1 Å². The number of ether oxygens (including phenoxy) is 1. The first kappa shape index (κ1) is 26.1. The number of benzene rings is 2. The number of carbonyl (C=O) groups excluding carboxylic acids is 2. The number of amides is 2. The second kappa shape index (κ2) is 11.6. The van der Waals surface area contributed by atoms with Gasteiger partial charge in [-0.3, -0.25) is 13.9 Å². The summed E-state index contributed by atoms with van der Waals surface area (Å²) in [6.07, 6.45) is 1.73. The quantitative estimate of drug-likeness (QED) is 0.534. The summed E-state index contributed by atoms with van der Waals surface area (Å²) in [6, 6.07) is 11.0. The topological polar surface area (TPSA) is 96.0 Å². The molecule has 2 aromatic carbocycles. The zero-order chi connectivity index (χ0) is 24.6. The van der Waals surface area contributed by atoms with E-state index in [-0.39, 0.29) is 18.1 Å². The van der Waals surface area contributed by atoms with Crippen LogP contribution in [0.15, 0.2) is 48.5 Å². The summed E-state index contributed by atoms with van der Waals surface area (Å²) in [5.74, 6) is -0.812. The van der Waals surface area contributed by atoms with Gasteiger partial charge in [0.05, 0.1) is 19.1 Å². The predicted octanol–water partition coefficient (Wildman–Crippen LogP) is 2.54. The SMILES string of the molecule is CCCNC(=O)[C@@H](C)N(Cc1ccc(F)cc1)C(=O)CN(c1ccc(OC)cc1)S(C)(=O)=O. The first-order chi connectivity index (χ1) is 15.6. The monoisotopic (exact) mass is 479 g/mol. The molecule has 0 fully saturated rings. The zero-order valence-electron chi connectivity index (χ0n) is 19.2. The Hall–Kier alpha value is -3.14. The third-order valence-corrected chi connectivity index (χ3v) is 6.16. The molecule has 2 rings (SSSR count). The Morgan fingerprint density at radius 2 is 1.70 bits per heavy atom. The molecule has 0 unspecified atom stereocenters. The van der Waals surface area contributed by atoms with Crippen molar-refractivity contribution in [3.05, 3.63) is 59.9 Å². The Kier molecular flexibility index (Phi) is 9.22. The maximum absolute atomic E-state index is 13.3. The van der Waals surface area contributed by atoms with Crippen LogP contribution in [0, 0.1) is 5.82 Å². The van der Waals surface area contributed by atoms with Crippen LogP contribution >= 0.6 is 0 Å². The fourth-order valence-electron chi connectivity index (χ4n) is 3.13. The van der Waals surface area contributed by atoms with E-state index in [4.69, 9.17) is 4.74 Å². The Morgan fingerprint density at radius 1 is 1.09 bits per heavy atom. The van der Waals surface area contributed by atoms with Gasteiger partial charge in [-0.05, 0) is 55.3 Å². The minimum Gasteiger partial charge on any atom is -0.497 e. The lowest BCUT2D eigenvalue weighted by Crippen LogP contribution is -2.51.